The van der Waals surface area contributed by atoms with E-state index in [-0.39, 0.29) is 6.04 Å². The lowest BCUT2D eigenvalue weighted by Crippen LogP contribution is -2.52. The van der Waals surface area contributed by atoms with Gasteiger partial charge < -0.3 is 15.7 Å². The molecule has 3 N–H and O–H groups in total. The van der Waals surface area contributed by atoms with Crippen LogP contribution in [0.3, 0.4) is 0 Å². The molecule has 0 radical (unpaired) electrons. The fourth-order valence-corrected chi connectivity index (χ4v) is 1.75. The van der Waals surface area contributed by atoms with Crippen molar-refractivity contribution in [3.8, 4) is 0 Å². The summed E-state index contributed by atoms with van der Waals surface area (Å²) >= 11 is 0. The SMILES string of the molecule is CC(C)NCC(C)(O)C1CCCN1. The molecule has 78 valence electrons. The Hall–Kier alpha value is -0.120. The number of rotatable bonds is 4. The van der Waals surface area contributed by atoms with Gasteiger partial charge in [-0.05, 0) is 26.3 Å². The summed E-state index contributed by atoms with van der Waals surface area (Å²) in [5.41, 5.74) is -0.610. The molecule has 1 aliphatic heterocycles. The molecule has 1 heterocycles. The van der Waals surface area contributed by atoms with Gasteiger partial charge in [0.2, 0.25) is 0 Å². The molecule has 3 heteroatoms. The van der Waals surface area contributed by atoms with E-state index in [0.717, 1.165) is 13.0 Å². The third-order valence-corrected chi connectivity index (χ3v) is 2.68. The van der Waals surface area contributed by atoms with Crippen LogP contribution in [0, 0.1) is 0 Å². The molecular formula is C10H22N2O. The molecule has 1 rings (SSSR count). The molecule has 0 aromatic heterocycles. The lowest BCUT2D eigenvalue weighted by molar-refractivity contribution is 0.0246. The molecule has 13 heavy (non-hydrogen) atoms. The maximum Gasteiger partial charge on any atom is 0.0895 e. The van der Waals surface area contributed by atoms with E-state index in [2.05, 4.69) is 24.5 Å². The van der Waals surface area contributed by atoms with Gasteiger partial charge in [-0.2, -0.15) is 0 Å². The average Bonchev–Trinajstić information content (AvgIpc) is 2.53. The Balaban J connectivity index is 2.35. The first kappa shape index (κ1) is 11.0. The van der Waals surface area contributed by atoms with Gasteiger partial charge in [0.25, 0.3) is 0 Å². The fourth-order valence-electron chi connectivity index (χ4n) is 1.75. The Morgan fingerprint density at radius 2 is 2.31 bits per heavy atom. The van der Waals surface area contributed by atoms with Crippen LogP contribution in [0.1, 0.15) is 33.6 Å². The summed E-state index contributed by atoms with van der Waals surface area (Å²) in [6, 6.07) is 0.701. The normalized spacial score (nSPS) is 27.9. The second-order valence-corrected chi connectivity index (χ2v) is 4.54. The Morgan fingerprint density at radius 3 is 2.77 bits per heavy atom. The number of nitrogens with one attached hydrogen (secondary N) is 2. The first-order valence-corrected chi connectivity index (χ1v) is 5.21. The number of hydrogen-bond donors (Lipinski definition) is 3. The van der Waals surface area contributed by atoms with Crippen LogP contribution in [0.2, 0.25) is 0 Å². The summed E-state index contributed by atoms with van der Waals surface area (Å²) in [5.74, 6) is 0. The molecule has 0 saturated carbocycles. The van der Waals surface area contributed by atoms with Gasteiger partial charge in [-0.3, -0.25) is 0 Å². The lowest BCUT2D eigenvalue weighted by atomic mass is 9.95. The monoisotopic (exact) mass is 186 g/mol. The highest BCUT2D eigenvalue weighted by atomic mass is 16.3. The van der Waals surface area contributed by atoms with Crippen molar-refractivity contribution in [2.24, 2.45) is 0 Å². The van der Waals surface area contributed by atoms with Crippen LogP contribution in [0.4, 0.5) is 0 Å². The summed E-state index contributed by atoms with van der Waals surface area (Å²) in [6.45, 7) is 7.81. The van der Waals surface area contributed by atoms with E-state index >= 15 is 0 Å². The second-order valence-electron chi connectivity index (χ2n) is 4.54. The Labute approximate surface area is 80.9 Å². The molecule has 1 aliphatic rings. The molecule has 0 aliphatic carbocycles. The van der Waals surface area contributed by atoms with Crippen LogP contribution in [-0.2, 0) is 0 Å². The summed E-state index contributed by atoms with van der Waals surface area (Å²) in [7, 11) is 0. The van der Waals surface area contributed by atoms with Crippen molar-refractivity contribution in [2.45, 2.75) is 51.3 Å². The zero-order chi connectivity index (χ0) is 9.90. The third kappa shape index (κ3) is 3.25. The van der Waals surface area contributed by atoms with Crippen molar-refractivity contribution < 1.29 is 5.11 Å². The first-order chi connectivity index (χ1) is 6.02. The fraction of sp³-hybridized carbons (Fsp3) is 1.00. The summed E-state index contributed by atoms with van der Waals surface area (Å²) in [6.07, 6.45) is 2.27. The Kier molecular flexibility index (Phi) is 3.71. The van der Waals surface area contributed by atoms with Gasteiger partial charge in [0, 0.05) is 18.6 Å². The maximum atomic E-state index is 10.1. The number of hydrogen-bond acceptors (Lipinski definition) is 3. The van der Waals surface area contributed by atoms with Crippen LogP contribution in [0.15, 0.2) is 0 Å². The predicted octanol–water partition coefficient (Wildman–Crippen LogP) is 0.487. The van der Waals surface area contributed by atoms with Gasteiger partial charge in [-0.1, -0.05) is 13.8 Å². The molecule has 0 aromatic rings. The van der Waals surface area contributed by atoms with E-state index in [0.29, 0.717) is 12.6 Å². The topological polar surface area (TPSA) is 44.3 Å². The standard InChI is InChI=1S/C10H22N2O/c1-8(2)12-7-10(3,13)9-5-4-6-11-9/h8-9,11-13H,4-7H2,1-3H3. The highest BCUT2D eigenvalue weighted by Crippen LogP contribution is 2.18. The molecule has 0 spiro atoms. The zero-order valence-electron chi connectivity index (χ0n) is 8.93. The van der Waals surface area contributed by atoms with E-state index in [4.69, 9.17) is 0 Å². The smallest absolute Gasteiger partial charge is 0.0895 e. The minimum atomic E-state index is -0.610. The van der Waals surface area contributed by atoms with Crippen molar-refractivity contribution in [1.82, 2.24) is 10.6 Å². The second kappa shape index (κ2) is 4.40. The van der Waals surface area contributed by atoms with Crippen LogP contribution in [0.25, 0.3) is 0 Å². The molecule has 1 fully saturated rings. The van der Waals surface area contributed by atoms with E-state index in [1.165, 1.54) is 6.42 Å². The molecular weight excluding hydrogens is 164 g/mol. The summed E-state index contributed by atoms with van der Waals surface area (Å²) < 4.78 is 0. The first-order valence-electron chi connectivity index (χ1n) is 5.21. The van der Waals surface area contributed by atoms with Gasteiger partial charge >= 0.3 is 0 Å². The van der Waals surface area contributed by atoms with Gasteiger partial charge in [0.1, 0.15) is 0 Å². The molecule has 2 unspecified atom stereocenters. The van der Waals surface area contributed by atoms with E-state index in [1.807, 2.05) is 6.92 Å². The minimum absolute atomic E-state index is 0.263. The van der Waals surface area contributed by atoms with Gasteiger partial charge in [-0.15, -0.1) is 0 Å². The van der Waals surface area contributed by atoms with Crippen molar-refractivity contribution in [2.75, 3.05) is 13.1 Å². The quantitative estimate of drug-likeness (QED) is 0.598. The Morgan fingerprint density at radius 1 is 1.62 bits per heavy atom. The van der Waals surface area contributed by atoms with Crippen molar-refractivity contribution in [1.29, 1.82) is 0 Å². The minimum Gasteiger partial charge on any atom is -0.387 e. The van der Waals surface area contributed by atoms with E-state index in [1.54, 1.807) is 0 Å². The van der Waals surface area contributed by atoms with Crippen LogP contribution < -0.4 is 10.6 Å². The van der Waals surface area contributed by atoms with Crippen molar-refractivity contribution in [3.63, 3.8) is 0 Å². The van der Waals surface area contributed by atoms with E-state index < -0.39 is 5.60 Å². The van der Waals surface area contributed by atoms with Gasteiger partial charge in [0.15, 0.2) is 0 Å². The largest absolute Gasteiger partial charge is 0.387 e. The predicted molar refractivity (Wildman–Crippen MR) is 54.8 cm³/mol. The molecule has 3 nitrogen and oxygen atoms in total. The molecule has 0 bridgehead atoms. The van der Waals surface area contributed by atoms with Crippen LogP contribution in [0.5, 0.6) is 0 Å². The highest BCUT2D eigenvalue weighted by Gasteiger charge is 2.33. The van der Waals surface area contributed by atoms with Gasteiger partial charge in [0.05, 0.1) is 5.60 Å². The molecule has 2 atom stereocenters. The molecule has 0 aromatic carbocycles. The maximum absolute atomic E-state index is 10.1. The number of aliphatic hydroxyl groups is 1. The lowest BCUT2D eigenvalue weighted by Gasteiger charge is -2.31. The average molecular weight is 186 g/mol. The highest BCUT2D eigenvalue weighted by molar-refractivity contribution is 4.93. The molecule has 0 amide bonds. The van der Waals surface area contributed by atoms with E-state index in [9.17, 15) is 5.11 Å². The summed E-state index contributed by atoms with van der Waals surface area (Å²) in [5, 5.41) is 16.7. The van der Waals surface area contributed by atoms with Gasteiger partial charge in [-0.25, -0.2) is 0 Å². The van der Waals surface area contributed by atoms with Crippen LogP contribution >= 0.6 is 0 Å². The van der Waals surface area contributed by atoms with Crippen molar-refractivity contribution >= 4 is 0 Å². The Bertz CT molecular complexity index is 151. The molecule has 1 saturated heterocycles. The zero-order valence-corrected chi connectivity index (χ0v) is 8.93. The summed E-state index contributed by atoms with van der Waals surface area (Å²) in [4.78, 5) is 0. The van der Waals surface area contributed by atoms with Crippen molar-refractivity contribution in [3.05, 3.63) is 0 Å². The van der Waals surface area contributed by atoms with Crippen LogP contribution in [-0.4, -0.2) is 35.9 Å². The third-order valence-electron chi connectivity index (χ3n) is 2.68.